The molecule has 0 N–H and O–H groups in total. The van der Waals surface area contributed by atoms with Crippen LogP contribution >= 0.6 is 0 Å². The van der Waals surface area contributed by atoms with E-state index in [2.05, 4.69) is 73.4 Å². The number of hydrogen-bond acceptors (Lipinski definition) is 1. The van der Waals surface area contributed by atoms with Crippen LogP contribution in [0.2, 0.25) is 0 Å². The van der Waals surface area contributed by atoms with Crippen LogP contribution in [0, 0.1) is 5.92 Å². The largest absolute Gasteiger partial charge is 0.292 e. The van der Waals surface area contributed by atoms with E-state index in [0.29, 0.717) is 5.92 Å². The van der Waals surface area contributed by atoms with Gasteiger partial charge in [-0.1, -0.05) is 62.4 Å². The van der Waals surface area contributed by atoms with Crippen molar-refractivity contribution < 1.29 is 0 Å². The lowest BCUT2D eigenvalue weighted by Crippen LogP contribution is -1.92. The third kappa shape index (κ3) is 2.44. The molecule has 3 rings (SSSR count). The maximum Gasteiger partial charge on any atom is 0.0648 e. The molecule has 1 heteroatoms. The highest BCUT2D eigenvalue weighted by Crippen LogP contribution is 2.28. The molecule has 0 bridgehead atoms. The van der Waals surface area contributed by atoms with E-state index in [-0.39, 0.29) is 0 Å². The van der Waals surface area contributed by atoms with Gasteiger partial charge in [0.1, 0.15) is 0 Å². The van der Waals surface area contributed by atoms with Gasteiger partial charge in [0.25, 0.3) is 0 Å². The van der Waals surface area contributed by atoms with Crippen LogP contribution in [0.3, 0.4) is 0 Å². The summed E-state index contributed by atoms with van der Waals surface area (Å²) in [5.74, 6) is 0.497. The molecule has 3 aromatic carbocycles. The third-order valence-corrected chi connectivity index (χ3v) is 3.54. The summed E-state index contributed by atoms with van der Waals surface area (Å²) in [6.45, 7) is 5.06. The lowest BCUT2D eigenvalue weighted by Gasteiger charge is -2.09. The van der Waals surface area contributed by atoms with Crippen LogP contribution in [0.4, 0.5) is 0 Å². The van der Waals surface area contributed by atoms with Gasteiger partial charge in [-0.2, -0.15) is 0 Å². The number of nitrogens with zero attached hydrogens (tertiary/aromatic N) is 1. The van der Waals surface area contributed by atoms with Gasteiger partial charge in [0.05, 0.1) is 6.54 Å². The fourth-order valence-electron chi connectivity index (χ4n) is 2.63. The number of aliphatic imine (C=N–C) groups is 1. The van der Waals surface area contributed by atoms with Crippen molar-refractivity contribution in [1.29, 1.82) is 0 Å². The Morgan fingerprint density at radius 2 is 1.45 bits per heavy atom. The summed E-state index contributed by atoms with van der Waals surface area (Å²) in [5, 5.41) is 5.21. The minimum atomic E-state index is 0.497. The van der Waals surface area contributed by atoms with Crippen molar-refractivity contribution in [3.05, 3.63) is 60.2 Å². The fourth-order valence-corrected chi connectivity index (χ4v) is 2.63. The molecule has 0 amide bonds. The summed E-state index contributed by atoms with van der Waals surface area (Å²) in [6, 6.07) is 19.4. The Morgan fingerprint density at radius 1 is 0.900 bits per heavy atom. The highest BCUT2D eigenvalue weighted by atomic mass is 14.7. The summed E-state index contributed by atoms with van der Waals surface area (Å²) in [4.78, 5) is 4.62. The molecule has 0 saturated heterocycles. The zero-order chi connectivity index (χ0) is 13.9. The molecular formula is C19H19N. The van der Waals surface area contributed by atoms with Crippen LogP contribution in [0.25, 0.3) is 21.5 Å². The minimum Gasteiger partial charge on any atom is -0.292 e. The minimum absolute atomic E-state index is 0.497. The highest BCUT2D eigenvalue weighted by molar-refractivity contribution is 6.02. The predicted octanol–water partition coefficient (Wildman–Crippen LogP) is 5.22. The van der Waals surface area contributed by atoms with Crippen LogP contribution in [0.15, 0.2) is 59.6 Å². The molecule has 0 aromatic heterocycles. The van der Waals surface area contributed by atoms with E-state index >= 15 is 0 Å². The monoisotopic (exact) mass is 261 g/mol. The number of hydrogen-bond donors (Lipinski definition) is 0. The Labute approximate surface area is 120 Å². The zero-order valence-electron chi connectivity index (χ0n) is 12.0. The second kappa shape index (κ2) is 5.46. The molecule has 0 radical (unpaired) electrons. The number of rotatable bonds is 3. The van der Waals surface area contributed by atoms with E-state index in [4.69, 9.17) is 0 Å². The van der Waals surface area contributed by atoms with Crippen molar-refractivity contribution in [2.75, 3.05) is 0 Å². The van der Waals surface area contributed by atoms with Gasteiger partial charge < -0.3 is 0 Å². The molecule has 0 aliphatic carbocycles. The molecule has 0 aliphatic rings. The van der Waals surface area contributed by atoms with Gasteiger partial charge in [-0.15, -0.1) is 0 Å². The molecule has 0 spiro atoms. The summed E-state index contributed by atoms with van der Waals surface area (Å²) in [6.07, 6.45) is 2.04. The Kier molecular flexibility index (Phi) is 3.51. The van der Waals surface area contributed by atoms with Gasteiger partial charge in [0.2, 0.25) is 0 Å². The van der Waals surface area contributed by atoms with Crippen molar-refractivity contribution in [1.82, 2.24) is 0 Å². The summed E-state index contributed by atoms with van der Waals surface area (Å²) in [7, 11) is 0. The van der Waals surface area contributed by atoms with Crippen LogP contribution in [-0.4, -0.2) is 6.21 Å². The van der Waals surface area contributed by atoms with Crippen LogP contribution < -0.4 is 0 Å². The average Bonchev–Trinajstić information content (AvgIpc) is 2.46. The van der Waals surface area contributed by atoms with Crippen LogP contribution in [0.5, 0.6) is 0 Å². The molecule has 0 unspecified atom stereocenters. The van der Waals surface area contributed by atoms with E-state index in [1.807, 2.05) is 6.21 Å². The van der Waals surface area contributed by atoms with E-state index in [0.717, 1.165) is 6.54 Å². The van der Waals surface area contributed by atoms with Crippen molar-refractivity contribution in [3.8, 4) is 0 Å². The molecule has 100 valence electrons. The van der Waals surface area contributed by atoms with Crippen molar-refractivity contribution >= 4 is 27.8 Å². The van der Waals surface area contributed by atoms with Crippen molar-refractivity contribution in [2.45, 2.75) is 20.4 Å². The standard InChI is InChI=1S/C19H19N/c1-14(2)12-20-13-19-17-9-5-3-7-15(17)11-16-8-4-6-10-18(16)19/h3-12,14H,13H2,1-2H3. The molecule has 1 nitrogen and oxygen atoms in total. The van der Waals surface area contributed by atoms with Gasteiger partial charge in [-0.25, -0.2) is 0 Å². The van der Waals surface area contributed by atoms with Gasteiger partial charge in [-0.05, 0) is 39.1 Å². The maximum absolute atomic E-state index is 4.62. The first-order valence-electron chi connectivity index (χ1n) is 7.15. The first kappa shape index (κ1) is 12.9. The second-order valence-electron chi connectivity index (χ2n) is 5.53. The topological polar surface area (TPSA) is 12.4 Å². The molecule has 20 heavy (non-hydrogen) atoms. The van der Waals surface area contributed by atoms with E-state index in [1.54, 1.807) is 0 Å². The predicted molar refractivity (Wildman–Crippen MR) is 88.5 cm³/mol. The molecule has 0 heterocycles. The van der Waals surface area contributed by atoms with E-state index < -0.39 is 0 Å². The maximum atomic E-state index is 4.62. The first-order chi connectivity index (χ1) is 9.75. The molecule has 3 aromatic rings. The number of benzene rings is 3. The summed E-state index contributed by atoms with van der Waals surface area (Å²) < 4.78 is 0. The highest BCUT2D eigenvalue weighted by Gasteiger charge is 2.06. The fraction of sp³-hybridized carbons (Fsp3) is 0.211. The molecule has 0 fully saturated rings. The zero-order valence-corrected chi connectivity index (χ0v) is 12.0. The van der Waals surface area contributed by atoms with Gasteiger partial charge in [0.15, 0.2) is 0 Å². The Hall–Kier alpha value is -2.15. The smallest absolute Gasteiger partial charge is 0.0648 e. The van der Waals surface area contributed by atoms with Gasteiger partial charge >= 0.3 is 0 Å². The molecule has 0 atom stereocenters. The second-order valence-corrected chi connectivity index (χ2v) is 5.53. The SMILES string of the molecule is CC(C)C=NCc1c2ccccc2cc2ccccc12. The van der Waals surface area contributed by atoms with Crippen molar-refractivity contribution in [3.63, 3.8) is 0 Å². The Bertz CT molecular complexity index is 715. The van der Waals surface area contributed by atoms with Gasteiger partial charge in [-0.3, -0.25) is 4.99 Å². The Morgan fingerprint density at radius 3 is 2.00 bits per heavy atom. The van der Waals surface area contributed by atoms with E-state index in [1.165, 1.54) is 27.1 Å². The summed E-state index contributed by atoms with van der Waals surface area (Å²) in [5.41, 5.74) is 1.33. The molecule has 0 saturated carbocycles. The van der Waals surface area contributed by atoms with E-state index in [9.17, 15) is 0 Å². The van der Waals surface area contributed by atoms with Crippen LogP contribution in [-0.2, 0) is 6.54 Å². The third-order valence-electron chi connectivity index (χ3n) is 3.54. The lowest BCUT2D eigenvalue weighted by molar-refractivity contribution is 0.893. The summed E-state index contributed by atoms with van der Waals surface area (Å²) >= 11 is 0. The quantitative estimate of drug-likeness (QED) is 0.453. The van der Waals surface area contributed by atoms with Gasteiger partial charge in [0, 0.05) is 6.21 Å². The molecular weight excluding hydrogens is 242 g/mol. The lowest BCUT2D eigenvalue weighted by atomic mass is 9.97. The first-order valence-corrected chi connectivity index (χ1v) is 7.15. The normalized spacial score (nSPS) is 11.9. The Balaban J connectivity index is 2.22. The van der Waals surface area contributed by atoms with Crippen molar-refractivity contribution in [2.24, 2.45) is 10.9 Å². The average molecular weight is 261 g/mol. The molecule has 0 aliphatic heterocycles. The van der Waals surface area contributed by atoms with Crippen LogP contribution in [0.1, 0.15) is 19.4 Å². The number of fused-ring (bicyclic) bond motifs is 2.